The van der Waals surface area contributed by atoms with Crippen molar-refractivity contribution in [2.75, 3.05) is 0 Å². The van der Waals surface area contributed by atoms with Crippen LogP contribution in [0.1, 0.15) is 5.69 Å². The summed E-state index contributed by atoms with van der Waals surface area (Å²) < 4.78 is 13.0. The Hall–Kier alpha value is -2.49. The molecule has 3 nitrogen and oxygen atoms in total. The summed E-state index contributed by atoms with van der Waals surface area (Å²) in [5, 5.41) is 7.32. The summed E-state index contributed by atoms with van der Waals surface area (Å²) in [4.78, 5) is 4.00. The number of nitrogens with one attached hydrogen (secondary N) is 1. The van der Waals surface area contributed by atoms with Crippen molar-refractivity contribution in [1.82, 2.24) is 15.2 Å². The number of H-pyrrole nitrogens is 1. The molecule has 0 saturated heterocycles. The van der Waals surface area contributed by atoms with Gasteiger partial charge >= 0.3 is 0 Å². The molecule has 2 aromatic heterocycles. The Morgan fingerprint density at radius 2 is 1.63 bits per heavy atom. The monoisotopic (exact) mass is 253 g/mol. The molecule has 1 aromatic carbocycles. The molecule has 0 aliphatic heterocycles. The number of nitrogens with zero attached hydrogens (tertiary/aromatic N) is 2. The van der Waals surface area contributed by atoms with Crippen LogP contribution in [0, 0.1) is 12.7 Å². The minimum Gasteiger partial charge on any atom is -0.282 e. The number of pyridine rings is 1. The van der Waals surface area contributed by atoms with Crippen LogP contribution in [0.15, 0.2) is 48.8 Å². The third-order valence-corrected chi connectivity index (χ3v) is 3.03. The second-order valence-electron chi connectivity index (χ2n) is 4.31. The Bertz CT molecular complexity index is 687. The molecule has 0 atom stereocenters. The number of aryl methyl sites for hydroxylation is 1. The fraction of sp³-hybridized carbons (Fsp3) is 0.0667. The molecule has 0 amide bonds. The van der Waals surface area contributed by atoms with Gasteiger partial charge in [-0.3, -0.25) is 10.1 Å². The minimum atomic E-state index is -0.240. The predicted molar refractivity (Wildman–Crippen MR) is 71.9 cm³/mol. The highest BCUT2D eigenvalue weighted by atomic mass is 19.1. The van der Waals surface area contributed by atoms with Gasteiger partial charge in [-0.15, -0.1) is 0 Å². The van der Waals surface area contributed by atoms with Crippen molar-refractivity contribution in [1.29, 1.82) is 0 Å². The van der Waals surface area contributed by atoms with E-state index in [0.717, 1.165) is 28.1 Å². The molecule has 0 aliphatic rings. The Morgan fingerprint density at radius 3 is 2.32 bits per heavy atom. The highest BCUT2D eigenvalue weighted by molar-refractivity contribution is 5.82. The van der Waals surface area contributed by atoms with Crippen LogP contribution in [0.3, 0.4) is 0 Å². The second kappa shape index (κ2) is 4.65. The number of aromatic amines is 1. The van der Waals surface area contributed by atoms with E-state index >= 15 is 0 Å². The molecule has 0 fully saturated rings. The first kappa shape index (κ1) is 11.6. The van der Waals surface area contributed by atoms with Gasteiger partial charge in [0.15, 0.2) is 0 Å². The van der Waals surface area contributed by atoms with E-state index in [2.05, 4.69) is 15.2 Å². The van der Waals surface area contributed by atoms with Crippen molar-refractivity contribution in [3.05, 3.63) is 60.3 Å². The lowest BCUT2D eigenvalue weighted by atomic mass is 10.00. The van der Waals surface area contributed by atoms with E-state index in [4.69, 9.17) is 0 Å². The molecule has 4 heteroatoms. The summed E-state index contributed by atoms with van der Waals surface area (Å²) >= 11 is 0. The van der Waals surface area contributed by atoms with Gasteiger partial charge in [-0.1, -0.05) is 12.1 Å². The Labute approximate surface area is 110 Å². The Balaban J connectivity index is 2.17. The molecule has 0 saturated carbocycles. The topological polar surface area (TPSA) is 41.6 Å². The zero-order valence-corrected chi connectivity index (χ0v) is 10.4. The van der Waals surface area contributed by atoms with E-state index < -0.39 is 0 Å². The van der Waals surface area contributed by atoms with Crippen LogP contribution in [0.4, 0.5) is 4.39 Å². The lowest BCUT2D eigenvalue weighted by Gasteiger charge is -2.04. The summed E-state index contributed by atoms with van der Waals surface area (Å²) in [6.07, 6.45) is 3.46. The van der Waals surface area contributed by atoms with Gasteiger partial charge in [-0.25, -0.2) is 4.39 Å². The number of halogens is 1. The molecule has 1 N–H and O–H groups in total. The molecule has 0 aliphatic carbocycles. The molecular weight excluding hydrogens is 241 g/mol. The maximum atomic E-state index is 13.0. The predicted octanol–water partition coefficient (Wildman–Crippen LogP) is 3.59. The summed E-state index contributed by atoms with van der Waals surface area (Å²) in [5.74, 6) is -0.240. The number of rotatable bonds is 2. The van der Waals surface area contributed by atoms with Gasteiger partial charge in [0.2, 0.25) is 0 Å². The first-order valence-electron chi connectivity index (χ1n) is 5.97. The average molecular weight is 253 g/mol. The summed E-state index contributed by atoms with van der Waals surface area (Å²) in [7, 11) is 0. The summed E-state index contributed by atoms with van der Waals surface area (Å²) in [5.41, 5.74) is 4.73. The van der Waals surface area contributed by atoms with E-state index in [1.54, 1.807) is 24.5 Å². The molecule has 3 aromatic rings. The smallest absolute Gasteiger partial charge is 0.123 e. The summed E-state index contributed by atoms with van der Waals surface area (Å²) in [6, 6.07) is 10.2. The van der Waals surface area contributed by atoms with Crippen molar-refractivity contribution in [2.24, 2.45) is 0 Å². The van der Waals surface area contributed by atoms with Crippen molar-refractivity contribution >= 4 is 0 Å². The van der Waals surface area contributed by atoms with Crippen LogP contribution in [0.25, 0.3) is 22.4 Å². The van der Waals surface area contributed by atoms with Gasteiger partial charge in [0, 0.05) is 29.2 Å². The molecule has 0 unspecified atom stereocenters. The fourth-order valence-corrected chi connectivity index (χ4v) is 2.12. The first-order valence-corrected chi connectivity index (χ1v) is 5.97. The van der Waals surface area contributed by atoms with Crippen LogP contribution in [0.5, 0.6) is 0 Å². The van der Waals surface area contributed by atoms with E-state index in [1.807, 2.05) is 19.1 Å². The molecule has 19 heavy (non-hydrogen) atoms. The molecule has 0 spiro atoms. The van der Waals surface area contributed by atoms with Crippen molar-refractivity contribution in [2.45, 2.75) is 6.92 Å². The van der Waals surface area contributed by atoms with Gasteiger partial charge in [0.1, 0.15) is 11.5 Å². The van der Waals surface area contributed by atoms with E-state index in [0.29, 0.717) is 0 Å². The van der Waals surface area contributed by atoms with E-state index in [-0.39, 0.29) is 5.82 Å². The molecule has 0 radical (unpaired) electrons. The molecule has 3 rings (SSSR count). The lowest BCUT2D eigenvalue weighted by molar-refractivity contribution is 0.628. The quantitative estimate of drug-likeness (QED) is 0.758. The third-order valence-electron chi connectivity index (χ3n) is 3.03. The van der Waals surface area contributed by atoms with Crippen molar-refractivity contribution in [3.63, 3.8) is 0 Å². The highest BCUT2D eigenvalue weighted by Gasteiger charge is 2.13. The normalized spacial score (nSPS) is 10.6. The maximum Gasteiger partial charge on any atom is 0.123 e. The van der Waals surface area contributed by atoms with Crippen LogP contribution in [-0.2, 0) is 0 Å². The Kier molecular flexibility index (Phi) is 2.83. The second-order valence-corrected chi connectivity index (χ2v) is 4.31. The van der Waals surface area contributed by atoms with Crippen LogP contribution < -0.4 is 0 Å². The van der Waals surface area contributed by atoms with Crippen molar-refractivity contribution in [3.8, 4) is 22.4 Å². The molecular formula is C15H12FN3. The standard InChI is InChI=1S/C15H12FN3/c1-10-14(11-2-4-13(16)5-3-11)15(19-18-10)12-6-8-17-9-7-12/h2-9H,1H3,(H,18,19). The van der Waals surface area contributed by atoms with Gasteiger partial charge in [-0.05, 0) is 36.8 Å². The van der Waals surface area contributed by atoms with Gasteiger partial charge in [0.05, 0.1) is 0 Å². The Morgan fingerprint density at radius 1 is 0.947 bits per heavy atom. The zero-order chi connectivity index (χ0) is 13.2. The third kappa shape index (κ3) is 2.12. The highest BCUT2D eigenvalue weighted by Crippen LogP contribution is 2.32. The van der Waals surface area contributed by atoms with Gasteiger partial charge in [0.25, 0.3) is 0 Å². The number of hydrogen-bond donors (Lipinski definition) is 1. The average Bonchev–Trinajstić information content (AvgIpc) is 2.83. The van der Waals surface area contributed by atoms with E-state index in [9.17, 15) is 4.39 Å². The van der Waals surface area contributed by atoms with Crippen LogP contribution >= 0.6 is 0 Å². The zero-order valence-electron chi connectivity index (χ0n) is 10.4. The van der Waals surface area contributed by atoms with Crippen molar-refractivity contribution < 1.29 is 4.39 Å². The number of hydrogen-bond acceptors (Lipinski definition) is 2. The fourth-order valence-electron chi connectivity index (χ4n) is 2.12. The minimum absolute atomic E-state index is 0.240. The SMILES string of the molecule is Cc1[nH]nc(-c2ccncc2)c1-c1ccc(F)cc1. The summed E-state index contributed by atoms with van der Waals surface area (Å²) in [6.45, 7) is 1.95. The van der Waals surface area contributed by atoms with Crippen LogP contribution in [-0.4, -0.2) is 15.2 Å². The number of aromatic nitrogens is 3. The molecule has 0 bridgehead atoms. The van der Waals surface area contributed by atoms with E-state index in [1.165, 1.54) is 12.1 Å². The first-order chi connectivity index (χ1) is 9.25. The van der Waals surface area contributed by atoms with Gasteiger partial charge < -0.3 is 0 Å². The van der Waals surface area contributed by atoms with Crippen LogP contribution in [0.2, 0.25) is 0 Å². The lowest BCUT2D eigenvalue weighted by Crippen LogP contribution is -1.85. The number of benzene rings is 1. The molecule has 94 valence electrons. The van der Waals surface area contributed by atoms with Gasteiger partial charge in [-0.2, -0.15) is 5.10 Å². The maximum absolute atomic E-state index is 13.0. The molecule has 2 heterocycles. The largest absolute Gasteiger partial charge is 0.282 e.